The molecule has 0 aliphatic carbocycles. The quantitative estimate of drug-likeness (QED) is 0.892. The molecule has 90 valence electrons. The Bertz CT molecular complexity index is 356. The molecule has 0 aliphatic heterocycles. The van der Waals surface area contributed by atoms with Gasteiger partial charge in [0, 0.05) is 16.4 Å². The first-order valence-electron chi connectivity index (χ1n) is 5.86. The predicted molar refractivity (Wildman–Crippen MR) is 74.8 cm³/mol. The van der Waals surface area contributed by atoms with Crippen LogP contribution < -0.4 is 5.73 Å². The first kappa shape index (κ1) is 13.7. The molecule has 0 saturated carbocycles. The second kappa shape index (κ2) is 5.33. The highest BCUT2D eigenvalue weighted by Crippen LogP contribution is 2.28. The van der Waals surface area contributed by atoms with Crippen LogP contribution in [-0.2, 0) is 11.8 Å². The van der Waals surface area contributed by atoms with Gasteiger partial charge >= 0.3 is 0 Å². The minimum Gasteiger partial charge on any atom is -0.330 e. The molecule has 0 spiro atoms. The summed E-state index contributed by atoms with van der Waals surface area (Å²) in [6, 6.07) is 6.64. The third-order valence-corrected chi connectivity index (χ3v) is 3.71. The van der Waals surface area contributed by atoms with Crippen molar-refractivity contribution in [2.75, 3.05) is 6.54 Å². The number of nitrogens with two attached hydrogens (primary N) is 1. The molecule has 0 fully saturated rings. The Morgan fingerprint density at radius 3 is 2.38 bits per heavy atom. The van der Waals surface area contributed by atoms with E-state index >= 15 is 0 Å². The molecule has 0 bridgehead atoms. The molecule has 0 atom stereocenters. The van der Waals surface area contributed by atoms with E-state index in [-0.39, 0.29) is 5.41 Å². The van der Waals surface area contributed by atoms with Gasteiger partial charge in [0.2, 0.25) is 0 Å². The van der Waals surface area contributed by atoms with E-state index in [2.05, 4.69) is 61.8 Å². The summed E-state index contributed by atoms with van der Waals surface area (Å²) < 4.78 is 1.21. The summed E-state index contributed by atoms with van der Waals surface area (Å²) in [6.45, 7) is 9.51. The highest BCUT2D eigenvalue weighted by atomic mass is 79.9. The summed E-state index contributed by atoms with van der Waals surface area (Å²) in [7, 11) is 0. The van der Waals surface area contributed by atoms with Gasteiger partial charge in [0.15, 0.2) is 0 Å². The largest absolute Gasteiger partial charge is 0.330 e. The lowest BCUT2D eigenvalue weighted by atomic mass is 9.84. The van der Waals surface area contributed by atoms with Gasteiger partial charge in [0.1, 0.15) is 0 Å². The Hall–Kier alpha value is -0.340. The van der Waals surface area contributed by atoms with Gasteiger partial charge in [0.25, 0.3) is 0 Å². The average Bonchev–Trinajstić information content (AvgIpc) is 2.20. The van der Waals surface area contributed by atoms with Crippen molar-refractivity contribution < 1.29 is 0 Å². The van der Waals surface area contributed by atoms with Crippen LogP contribution in [0.4, 0.5) is 0 Å². The van der Waals surface area contributed by atoms with Crippen LogP contribution in [0.1, 0.15) is 38.8 Å². The lowest BCUT2D eigenvalue weighted by Crippen LogP contribution is -2.28. The molecule has 1 nitrogen and oxygen atoms in total. The third kappa shape index (κ3) is 3.33. The van der Waals surface area contributed by atoms with Gasteiger partial charge in [-0.1, -0.05) is 55.8 Å². The molecule has 0 radical (unpaired) electrons. The lowest BCUT2D eigenvalue weighted by Gasteiger charge is -2.24. The molecule has 16 heavy (non-hydrogen) atoms. The van der Waals surface area contributed by atoms with E-state index in [1.807, 2.05) is 0 Å². The van der Waals surface area contributed by atoms with E-state index in [1.54, 1.807) is 0 Å². The number of rotatable bonds is 4. The van der Waals surface area contributed by atoms with Crippen LogP contribution in [0.3, 0.4) is 0 Å². The Morgan fingerprint density at radius 2 is 1.94 bits per heavy atom. The van der Waals surface area contributed by atoms with E-state index in [4.69, 9.17) is 5.73 Å². The first-order valence-corrected chi connectivity index (χ1v) is 6.65. The smallest absolute Gasteiger partial charge is 0.0210 e. The monoisotopic (exact) mass is 283 g/mol. The fourth-order valence-electron chi connectivity index (χ4n) is 1.69. The zero-order chi connectivity index (χ0) is 12.3. The van der Waals surface area contributed by atoms with Crippen molar-refractivity contribution >= 4 is 15.9 Å². The second-order valence-electron chi connectivity index (χ2n) is 5.49. The van der Waals surface area contributed by atoms with Gasteiger partial charge < -0.3 is 5.73 Å². The van der Waals surface area contributed by atoms with Crippen molar-refractivity contribution in [2.24, 2.45) is 11.7 Å². The SMILES string of the molecule is CC(C)Cc1ccc(C(C)(C)CN)cc1Br. The molecule has 0 aromatic heterocycles. The topological polar surface area (TPSA) is 26.0 Å². The molecular weight excluding hydrogens is 262 g/mol. The molecule has 1 aromatic carbocycles. The van der Waals surface area contributed by atoms with Gasteiger partial charge in [-0.15, -0.1) is 0 Å². The van der Waals surface area contributed by atoms with Crippen molar-refractivity contribution in [2.45, 2.75) is 39.5 Å². The molecular formula is C14H22BrN. The normalized spacial score (nSPS) is 12.2. The summed E-state index contributed by atoms with van der Waals surface area (Å²) in [5.74, 6) is 0.685. The maximum atomic E-state index is 5.79. The molecule has 0 saturated heterocycles. The summed E-state index contributed by atoms with van der Waals surface area (Å²) >= 11 is 3.66. The van der Waals surface area contributed by atoms with Crippen LogP contribution in [-0.4, -0.2) is 6.54 Å². The predicted octanol–water partition coefficient (Wildman–Crippen LogP) is 3.88. The average molecular weight is 284 g/mol. The fourth-order valence-corrected chi connectivity index (χ4v) is 2.23. The maximum absolute atomic E-state index is 5.79. The molecule has 1 aromatic rings. The molecule has 0 heterocycles. The van der Waals surface area contributed by atoms with Crippen LogP contribution in [0, 0.1) is 5.92 Å². The van der Waals surface area contributed by atoms with E-state index in [0.717, 1.165) is 6.42 Å². The zero-order valence-electron chi connectivity index (χ0n) is 10.7. The number of hydrogen-bond donors (Lipinski definition) is 1. The van der Waals surface area contributed by atoms with Crippen molar-refractivity contribution in [1.29, 1.82) is 0 Å². The number of hydrogen-bond acceptors (Lipinski definition) is 1. The second-order valence-corrected chi connectivity index (χ2v) is 6.35. The highest BCUT2D eigenvalue weighted by molar-refractivity contribution is 9.10. The van der Waals surface area contributed by atoms with E-state index < -0.39 is 0 Å². The van der Waals surface area contributed by atoms with Crippen molar-refractivity contribution in [3.63, 3.8) is 0 Å². The maximum Gasteiger partial charge on any atom is 0.0210 e. The van der Waals surface area contributed by atoms with E-state index in [9.17, 15) is 0 Å². The van der Waals surface area contributed by atoms with E-state index in [0.29, 0.717) is 12.5 Å². The van der Waals surface area contributed by atoms with Gasteiger partial charge in [-0.3, -0.25) is 0 Å². The molecule has 0 amide bonds. The third-order valence-electron chi connectivity index (χ3n) is 2.97. The van der Waals surface area contributed by atoms with E-state index in [1.165, 1.54) is 15.6 Å². The lowest BCUT2D eigenvalue weighted by molar-refractivity contribution is 0.538. The minimum absolute atomic E-state index is 0.0544. The molecule has 1 rings (SSSR count). The zero-order valence-corrected chi connectivity index (χ0v) is 12.3. The Kier molecular flexibility index (Phi) is 4.57. The van der Waals surface area contributed by atoms with Gasteiger partial charge in [-0.25, -0.2) is 0 Å². The van der Waals surface area contributed by atoms with Gasteiger partial charge in [0.05, 0.1) is 0 Å². The van der Waals surface area contributed by atoms with Crippen LogP contribution in [0.5, 0.6) is 0 Å². The van der Waals surface area contributed by atoms with Crippen LogP contribution in [0.2, 0.25) is 0 Å². The minimum atomic E-state index is 0.0544. The highest BCUT2D eigenvalue weighted by Gasteiger charge is 2.19. The molecule has 0 unspecified atom stereocenters. The number of benzene rings is 1. The first-order chi connectivity index (χ1) is 7.36. The van der Waals surface area contributed by atoms with Crippen LogP contribution in [0.25, 0.3) is 0 Å². The summed E-state index contributed by atoms with van der Waals surface area (Å²) in [4.78, 5) is 0. The van der Waals surface area contributed by atoms with Gasteiger partial charge in [-0.2, -0.15) is 0 Å². The van der Waals surface area contributed by atoms with Crippen molar-refractivity contribution in [1.82, 2.24) is 0 Å². The summed E-state index contributed by atoms with van der Waals surface area (Å²) in [6.07, 6.45) is 1.11. The standard InChI is InChI=1S/C14H22BrN/c1-10(2)7-11-5-6-12(8-13(11)15)14(3,4)9-16/h5-6,8,10H,7,9,16H2,1-4H3. The Morgan fingerprint density at radius 1 is 1.31 bits per heavy atom. The Balaban J connectivity index is 2.99. The summed E-state index contributed by atoms with van der Waals surface area (Å²) in [5, 5.41) is 0. The molecule has 0 aliphatic rings. The molecule has 2 N–H and O–H groups in total. The molecule has 2 heteroatoms. The van der Waals surface area contributed by atoms with Crippen molar-refractivity contribution in [3.8, 4) is 0 Å². The van der Waals surface area contributed by atoms with Crippen LogP contribution >= 0.6 is 15.9 Å². The fraction of sp³-hybridized carbons (Fsp3) is 0.571. The van der Waals surface area contributed by atoms with Gasteiger partial charge in [-0.05, 0) is 29.5 Å². The number of halogens is 1. The summed E-state index contributed by atoms with van der Waals surface area (Å²) in [5.41, 5.74) is 8.53. The Labute approximate surface area is 108 Å². The van der Waals surface area contributed by atoms with Crippen molar-refractivity contribution in [3.05, 3.63) is 33.8 Å². The van der Waals surface area contributed by atoms with Crippen LogP contribution in [0.15, 0.2) is 22.7 Å².